The van der Waals surface area contributed by atoms with Gasteiger partial charge < -0.3 is 15.1 Å². The Balaban J connectivity index is 1.22. The molecule has 6 rings (SSSR count). The quantitative estimate of drug-likeness (QED) is 0.584. The molecule has 1 saturated carbocycles. The fourth-order valence-corrected chi connectivity index (χ4v) is 5.58. The van der Waals surface area contributed by atoms with Crippen LogP contribution < -0.4 is 15.1 Å². The van der Waals surface area contributed by atoms with Crippen LogP contribution in [0.2, 0.25) is 0 Å². The smallest absolute Gasteiger partial charge is 0.244 e. The van der Waals surface area contributed by atoms with Crippen LogP contribution in [0.15, 0.2) is 24.5 Å². The van der Waals surface area contributed by atoms with Crippen molar-refractivity contribution in [2.45, 2.75) is 38.8 Å². The summed E-state index contributed by atoms with van der Waals surface area (Å²) >= 11 is 0. The Morgan fingerprint density at radius 3 is 2.56 bits per heavy atom. The Morgan fingerprint density at radius 2 is 1.79 bits per heavy atom. The maximum Gasteiger partial charge on any atom is 0.244 e. The largest absolute Gasteiger partial charge is 0.356 e. The van der Waals surface area contributed by atoms with E-state index in [4.69, 9.17) is 0 Å². The van der Waals surface area contributed by atoms with Gasteiger partial charge in [0, 0.05) is 44.0 Å². The summed E-state index contributed by atoms with van der Waals surface area (Å²) in [4.78, 5) is 17.2. The van der Waals surface area contributed by atoms with E-state index in [0.717, 1.165) is 43.5 Å². The highest BCUT2D eigenvalue weighted by Crippen LogP contribution is 2.40. The third-order valence-corrected chi connectivity index (χ3v) is 7.19. The van der Waals surface area contributed by atoms with Crippen LogP contribution in [0, 0.1) is 36.2 Å². The summed E-state index contributed by atoms with van der Waals surface area (Å²) in [5, 5.41) is 8.14. The second kappa shape index (κ2) is 8.14. The molecule has 2 fully saturated rings. The fraction of sp³-hybridized carbons (Fsp3) is 0.478. The monoisotopic (exact) mass is 470 g/mol. The number of benzene rings is 1. The molecule has 2 aliphatic heterocycles. The zero-order chi connectivity index (χ0) is 23.4. The van der Waals surface area contributed by atoms with Gasteiger partial charge in [-0.25, -0.2) is 27.8 Å². The Labute approximate surface area is 194 Å². The average Bonchev–Trinajstić information content (AvgIpc) is 3.33. The lowest BCUT2D eigenvalue weighted by Crippen LogP contribution is -2.48. The number of halogens is 3. The molecule has 3 aromatic rings. The van der Waals surface area contributed by atoms with Crippen molar-refractivity contribution < 1.29 is 13.2 Å². The van der Waals surface area contributed by atoms with Gasteiger partial charge in [0.2, 0.25) is 11.9 Å². The van der Waals surface area contributed by atoms with E-state index in [1.807, 2.05) is 13.0 Å². The predicted molar refractivity (Wildman–Crippen MR) is 121 cm³/mol. The van der Waals surface area contributed by atoms with E-state index in [0.29, 0.717) is 43.2 Å². The first-order chi connectivity index (χ1) is 16.5. The molecule has 1 saturated heterocycles. The van der Waals surface area contributed by atoms with Crippen molar-refractivity contribution in [2.24, 2.45) is 11.8 Å². The van der Waals surface area contributed by atoms with Gasteiger partial charge in [0.15, 0.2) is 17.5 Å². The minimum absolute atomic E-state index is 0.0349. The van der Waals surface area contributed by atoms with Gasteiger partial charge in [0.1, 0.15) is 12.1 Å². The molecule has 3 atom stereocenters. The highest BCUT2D eigenvalue weighted by Gasteiger charge is 2.43. The number of nitrogens with one attached hydrogen (secondary N) is 1. The summed E-state index contributed by atoms with van der Waals surface area (Å²) in [6, 6.07) is 4.43. The number of rotatable bonds is 4. The van der Waals surface area contributed by atoms with Gasteiger partial charge in [-0.1, -0.05) is 0 Å². The number of hydrogen-bond donors (Lipinski definition) is 1. The molecule has 3 aliphatic rings. The molecule has 11 heteroatoms. The molecule has 1 aromatic carbocycles. The summed E-state index contributed by atoms with van der Waals surface area (Å²) in [6.45, 7) is 4.83. The molecule has 0 amide bonds. The van der Waals surface area contributed by atoms with E-state index < -0.39 is 17.5 Å². The standard InChI is InChI=1S/C23H25F3N8/c1-13-9-18(28-12-27-13)32-10-14-3-4-15(11-32)21(14)29-22-30-23-33(7-2-8-34(23)31-22)17-6-5-16(24)19(25)20(17)26/h5-6,9,12,14-15,21H,2-4,7-8,10-11H2,1H3,(H,29,31)/t14-,15+,21+. The molecule has 0 spiro atoms. The van der Waals surface area contributed by atoms with Gasteiger partial charge in [-0.2, -0.15) is 4.98 Å². The summed E-state index contributed by atoms with van der Waals surface area (Å²) in [5.41, 5.74) is 0.916. The van der Waals surface area contributed by atoms with E-state index in [9.17, 15) is 13.2 Å². The number of hydrogen-bond acceptors (Lipinski definition) is 7. The van der Waals surface area contributed by atoms with Gasteiger partial charge in [0.25, 0.3) is 0 Å². The van der Waals surface area contributed by atoms with Crippen molar-refractivity contribution in [3.8, 4) is 0 Å². The van der Waals surface area contributed by atoms with Gasteiger partial charge in [-0.15, -0.1) is 5.10 Å². The number of aromatic nitrogens is 5. The van der Waals surface area contributed by atoms with Crippen LogP contribution in [0.1, 0.15) is 25.0 Å². The van der Waals surface area contributed by atoms with Crippen LogP contribution in [0.5, 0.6) is 0 Å². The van der Waals surface area contributed by atoms with Crippen molar-refractivity contribution in [1.29, 1.82) is 0 Å². The average molecular weight is 471 g/mol. The van der Waals surface area contributed by atoms with Crippen molar-refractivity contribution in [3.05, 3.63) is 47.7 Å². The lowest BCUT2D eigenvalue weighted by molar-refractivity contribution is 0.374. The molecule has 2 bridgehead atoms. The van der Waals surface area contributed by atoms with Gasteiger partial charge in [0.05, 0.1) is 5.69 Å². The van der Waals surface area contributed by atoms with Crippen LogP contribution >= 0.6 is 0 Å². The number of aryl methyl sites for hydroxylation is 2. The summed E-state index contributed by atoms with van der Waals surface area (Å²) in [5.74, 6) is -1.17. The van der Waals surface area contributed by atoms with E-state index in [1.165, 1.54) is 6.07 Å². The maximum absolute atomic E-state index is 14.5. The first kappa shape index (κ1) is 21.2. The molecule has 1 N–H and O–H groups in total. The summed E-state index contributed by atoms with van der Waals surface area (Å²) in [7, 11) is 0. The Morgan fingerprint density at radius 1 is 1.00 bits per heavy atom. The first-order valence-corrected chi connectivity index (χ1v) is 11.6. The number of piperidine rings is 1. The van der Waals surface area contributed by atoms with Gasteiger partial charge in [-0.3, -0.25) is 0 Å². The normalized spacial score (nSPS) is 23.8. The molecule has 0 unspecified atom stereocenters. The number of fused-ring (bicyclic) bond motifs is 3. The van der Waals surface area contributed by atoms with E-state index in [1.54, 1.807) is 15.9 Å². The number of anilines is 4. The van der Waals surface area contributed by atoms with Crippen molar-refractivity contribution in [2.75, 3.05) is 34.8 Å². The molecule has 8 nitrogen and oxygen atoms in total. The van der Waals surface area contributed by atoms with E-state index in [2.05, 4.69) is 30.3 Å². The van der Waals surface area contributed by atoms with Crippen LogP contribution in [0.4, 0.5) is 36.6 Å². The van der Waals surface area contributed by atoms with Crippen molar-refractivity contribution in [3.63, 3.8) is 0 Å². The van der Waals surface area contributed by atoms with Crippen LogP contribution in [-0.4, -0.2) is 50.4 Å². The zero-order valence-corrected chi connectivity index (χ0v) is 18.8. The summed E-state index contributed by atoms with van der Waals surface area (Å²) < 4.78 is 43.5. The molecule has 1 aliphatic carbocycles. The fourth-order valence-electron chi connectivity index (χ4n) is 5.58. The zero-order valence-electron chi connectivity index (χ0n) is 18.8. The molecular formula is C23H25F3N8. The van der Waals surface area contributed by atoms with Crippen LogP contribution in [0.3, 0.4) is 0 Å². The van der Waals surface area contributed by atoms with Crippen LogP contribution in [0.25, 0.3) is 0 Å². The molecule has 34 heavy (non-hydrogen) atoms. The molecule has 178 valence electrons. The lowest BCUT2D eigenvalue weighted by atomic mass is 9.92. The van der Waals surface area contributed by atoms with E-state index in [-0.39, 0.29) is 11.7 Å². The maximum atomic E-state index is 14.5. The Bertz CT molecular complexity index is 1220. The third-order valence-electron chi connectivity index (χ3n) is 7.19. The third kappa shape index (κ3) is 3.54. The topological polar surface area (TPSA) is 75.0 Å². The van der Waals surface area contributed by atoms with Crippen LogP contribution in [-0.2, 0) is 6.54 Å². The van der Waals surface area contributed by atoms with E-state index >= 15 is 0 Å². The molecule has 2 aromatic heterocycles. The molecular weight excluding hydrogens is 445 g/mol. The SMILES string of the molecule is Cc1cc(N2C[C@H]3CC[C@@H](C2)[C@H]3Nc2nc3n(n2)CCCN3c2ccc(F)c(F)c2F)ncn1. The number of nitrogens with zero attached hydrogens (tertiary/aromatic N) is 7. The second-order valence-electron chi connectivity index (χ2n) is 9.35. The van der Waals surface area contributed by atoms with Gasteiger partial charge in [-0.05, 0) is 50.2 Å². The lowest BCUT2D eigenvalue weighted by Gasteiger charge is -2.38. The highest BCUT2D eigenvalue weighted by molar-refractivity contribution is 5.60. The molecule has 4 heterocycles. The molecule has 0 radical (unpaired) electrons. The second-order valence-corrected chi connectivity index (χ2v) is 9.35. The highest BCUT2D eigenvalue weighted by atomic mass is 19.2. The minimum Gasteiger partial charge on any atom is -0.356 e. The first-order valence-electron chi connectivity index (χ1n) is 11.6. The van der Waals surface area contributed by atoms with Crippen molar-refractivity contribution >= 4 is 23.4 Å². The van der Waals surface area contributed by atoms with Gasteiger partial charge >= 0.3 is 0 Å². The minimum atomic E-state index is -1.48. The predicted octanol–water partition coefficient (Wildman–Crippen LogP) is 3.66. The Kier molecular flexibility index (Phi) is 5.07. The van der Waals surface area contributed by atoms with Crippen molar-refractivity contribution in [1.82, 2.24) is 24.7 Å². The Hall–Kier alpha value is -3.37. The summed E-state index contributed by atoms with van der Waals surface area (Å²) in [6.07, 6.45) is 4.53.